The maximum atomic E-state index is 12.9. The van der Waals surface area contributed by atoms with Gasteiger partial charge >= 0.3 is 0 Å². The normalized spacial score (nSPS) is 13.7. The number of piperazine rings is 1. The molecule has 3 heterocycles. The number of carbonyl (C=O) groups is 2. The van der Waals surface area contributed by atoms with E-state index in [2.05, 4.69) is 10.1 Å². The zero-order valence-corrected chi connectivity index (χ0v) is 18.0. The molecule has 1 saturated heterocycles. The van der Waals surface area contributed by atoms with Crippen molar-refractivity contribution in [3.8, 4) is 22.8 Å². The summed E-state index contributed by atoms with van der Waals surface area (Å²) < 4.78 is 16.1. The Hall–Kier alpha value is -3.88. The molecule has 1 aromatic carbocycles. The highest BCUT2D eigenvalue weighted by Crippen LogP contribution is 2.34. The van der Waals surface area contributed by atoms with Crippen molar-refractivity contribution in [1.29, 1.82) is 0 Å². The second-order valence-corrected chi connectivity index (χ2v) is 7.31. The van der Waals surface area contributed by atoms with Crippen LogP contribution in [0.2, 0.25) is 0 Å². The summed E-state index contributed by atoms with van der Waals surface area (Å²) in [5.41, 5.74) is 1.58. The first-order valence-electron chi connectivity index (χ1n) is 10.2. The number of ether oxygens (including phenoxy) is 2. The summed E-state index contributed by atoms with van der Waals surface area (Å²) in [5, 5.41) is 3.96. The molecule has 0 bridgehead atoms. The average Bonchev–Trinajstić information content (AvgIpc) is 3.34. The van der Waals surface area contributed by atoms with Gasteiger partial charge in [0.1, 0.15) is 11.5 Å². The van der Waals surface area contributed by atoms with Gasteiger partial charge in [-0.1, -0.05) is 11.2 Å². The Bertz CT molecular complexity index is 1090. The molecule has 0 radical (unpaired) electrons. The number of aromatic nitrogens is 2. The predicted octanol–water partition coefficient (Wildman–Crippen LogP) is 2.28. The number of benzene rings is 1. The molecule has 0 spiro atoms. The number of amides is 2. The molecule has 32 heavy (non-hydrogen) atoms. The number of hydrogen-bond donors (Lipinski definition) is 0. The summed E-state index contributed by atoms with van der Waals surface area (Å²) in [5.74, 6) is 1.40. The smallest absolute Gasteiger partial charge is 0.276 e. The molecule has 0 aliphatic carbocycles. The van der Waals surface area contributed by atoms with E-state index in [1.54, 1.807) is 54.5 Å². The van der Waals surface area contributed by atoms with Gasteiger partial charge in [0, 0.05) is 44.1 Å². The zero-order chi connectivity index (χ0) is 22.5. The lowest BCUT2D eigenvalue weighted by Gasteiger charge is -2.34. The van der Waals surface area contributed by atoms with Crippen LogP contribution >= 0.6 is 0 Å². The van der Waals surface area contributed by atoms with E-state index >= 15 is 0 Å². The Balaban J connectivity index is 1.39. The monoisotopic (exact) mass is 436 g/mol. The summed E-state index contributed by atoms with van der Waals surface area (Å²) >= 11 is 0. The summed E-state index contributed by atoms with van der Waals surface area (Å²) in [7, 11) is 3.13. The molecule has 9 heteroatoms. The molecule has 9 nitrogen and oxygen atoms in total. The minimum atomic E-state index is -0.237. The third-order valence-corrected chi connectivity index (χ3v) is 5.38. The molecule has 1 aliphatic heterocycles. The highest BCUT2D eigenvalue weighted by Gasteiger charge is 2.27. The van der Waals surface area contributed by atoms with E-state index in [4.69, 9.17) is 14.0 Å². The van der Waals surface area contributed by atoms with Gasteiger partial charge in [0.2, 0.25) is 5.91 Å². The quantitative estimate of drug-likeness (QED) is 0.585. The van der Waals surface area contributed by atoms with Gasteiger partial charge < -0.3 is 23.8 Å². The van der Waals surface area contributed by atoms with Crippen LogP contribution in [0.5, 0.6) is 11.5 Å². The van der Waals surface area contributed by atoms with Crippen molar-refractivity contribution in [1.82, 2.24) is 19.9 Å². The number of nitrogens with zero attached hydrogens (tertiary/aromatic N) is 4. The Morgan fingerprint density at radius 3 is 2.47 bits per heavy atom. The molecule has 1 aliphatic rings. The van der Waals surface area contributed by atoms with Crippen LogP contribution < -0.4 is 9.47 Å². The van der Waals surface area contributed by atoms with Crippen molar-refractivity contribution in [2.24, 2.45) is 0 Å². The molecule has 166 valence electrons. The standard InChI is InChI=1S/C23H24N4O5/c1-30-17-6-7-20(31-2)18(14-17)21-15-19(25-32-21)23(29)27-11-9-26(10-12-27)22(28)13-16-5-3-4-8-24-16/h3-8,14-15H,9-13H2,1-2H3. The molecule has 0 atom stereocenters. The Kier molecular flexibility index (Phi) is 6.34. The summed E-state index contributed by atoms with van der Waals surface area (Å²) in [6, 6.07) is 12.4. The van der Waals surface area contributed by atoms with E-state index in [9.17, 15) is 9.59 Å². The highest BCUT2D eigenvalue weighted by atomic mass is 16.5. The molecule has 3 aromatic rings. The van der Waals surface area contributed by atoms with Crippen LogP contribution in [0.4, 0.5) is 0 Å². The summed E-state index contributed by atoms with van der Waals surface area (Å²) in [6.07, 6.45) is 1.93. The topological polar surface area (TPSA) is 98.0 Å². The van der Waals surface area contributed by atoms with E-state index in [0.717, 1.165) is 5.69 Å². The third kappa shape index (κ3) is 4.56. The Labute approximate surface area is 185 Å². The van der Waals surface area contributed by atoms with Crippen molar-refractivity contribution in [3.63, 3.8) is 0 Å². The van der Waals surface area contributed by atoms with Gasteiger partial charge in [-0.15, -0.1) is 0 Å². The van der Waals surface area contributed by atoms with E-state index in [-0.39, 0.29) is 23.9 Å². The summed E-state index contributed by atoms with van der Waals surface area (Å²) in [6.45, 7) is 1.78. The number of rotatable bonds is 6. The van der Waals surface area contributed by atoms with Crippen LogP contribution in [0, 0.1) is 0 Å². The maximum Gasteiger partial charge on any atom is 0.276 e. The van der Waals surface area contributed by atoms with E-state index in [0.29, 0.717) is 49.0 Å². The van der Waals surface area contributed by atoms with Crippen molar-refractivity contribution >= 4 is 11.8 Å². The molecule has 2 aromatic heterocycles. The molecule has 4 rings (SSSR count). The van der Waals surface area contributed by atoms with Gasteiger partial charge in [-0.05, 0) is 30.3 Å². The molecule has 1 fully saturated rings. The van der Waals surface area contributed by atoms with Crippen molar-refractivity contribution in [2.75, 3.05) is 40.4 Å². The zero-order valence-electron chi connectivity index (χ0n) is 18.0. The molecule has 0 unspecified atom stereocenters. The first-order chi connectivity index (χ1) is 15.6. The maximum absolute atomic E-state index is 12.9. The van der Waals surface area contributed by atoms with Crippen LogP contribution in [0.3, 0.4) is 0 Å². The Morgan fingerprint density at radius 1 is 1.00 bits per heavy atom. The van der Waals surface area contributed by atoms with E-state index in [1.165, 1.54) is 0 Å². The largest absolute Gasteiger partial charge is 0.497 e. The van der Waals surface area contributed by atoms with Crippen molar-refractivity contribution in [3.05, 3.63) is 60.0 Å². The molecular weight excluding hydrogens is 412 g/mol. The van der Waals surface area contributed by atoms with Gasteiger partial charge in [0.15, 0.2) is 11.5 Å². The van der Waals surface area contributed by atoms with Gasteiger partial charge in [-0.2, -0.15) is 0 Å². The lowest BCUT2D eigenvalue weighted by Crippen LogP contribution is -2.51. The van der Waals surface area contributed by atoms with E-state index in [1.807, 2.05) is 18.2 Å². The van der Waals surface area contributed by atoms with Crippen molar-refractivity contribution < 1.29 is 23.6 Å². The second kappa shape index (κ2) is 9.51. The van der Waals surface area contributed by atoms with Crippen LogP contribution in [-0.2, 0) is 11.2 Å². The number of hydrogen-bond acceptors (Lipinski definition) is 7. The van der Waals surface area contributed by atoms with Crippen LogP contribution in [0.15, 0.2) is 53.2 Å². The minimum Gasteiger partial charge on any atom is -0.497 e. The number of carbonyl (C=O) groups excluding carboxylic acids is 2. The van der Waals surface area contributed by atoms with Crippen LogP contribution in [0.1, 0.15) is 16.2 Å². The first kappa shape index (κ1) is 21.4. The molecular formula is C23H24N4O5. The first-order valence-corrected chi connectivity index (χ1v) is 10.2. The second-order valence-electron chi connectivity index (χ2n) is 7.31. The fraction of sp³-hybridized carbons (Fsp3) is 0.304. The lowest BCUT2D eigenvalue weighted by molar-refractivity contribution is -0.132. The predicted molar refractivity (Wildman–Crippen MR) is 115 cm³/mol. The van der Waals surface area contributed by atoms with Gasteiger partial charge in [-0.3, -0.25) is 14.6 Å². The van der Waals surface area contributed by atoms with Crippen LogP contribution in [-0.4, -0.2) is 72.2 Å². The fourth-order valence-electron chi connectivity index (χ4n) is 3.60. The Morgan fingerprint density at radius 2 is 1.78 bits per heavy atom. The third-order valence-electron chi connectivity index (χ3n) is 5.38. The van der Waals surface area contributed by atoms with Crippen LogP contribution in [0.25, 0.3) is 11.3 Å². The molecule has 2 amide bonds. The van der Waals surface area contributed by atoms with Gasteiger partial charge in [-0.25, -0.2) is 0 Å². The van der Waals surface area contributed by atoms with E-state index < -0.39 is 0 Å². The SMILES string of the molecule is COc1ccc(OC)c(-c2cc(C(=O)N3CCN(C(=O)Cc4ccccn4)CC3)no2)c1. The number of pyridine rings is 1. The number of methoxy groups -OCH3 is 2. The molecule has 0 N–H and O–H groups in total. The lowest BCUT2D eigenvalue weighted by atomic mass is 10.1. The van der Waals surface area contributed by atoms with Gasteiger partial charge in [0.05, 0.1) is 26.2 Å². The highest BCUT2D eigenvalue weighted by molar-refractivity contribution is 5.93. The minimum absolute atomic E-state index is 0.00430. The van der Waals surface area contributed by atoms with Gasteiger partial charge in [0.25, 0.3) is 5.91 Å². The molecule has 0 saturated carbocycles. The summed E-state index contributed by atoms with van der Waals surface area (Å²) in [4.78, 5) is 33.1. The average molecular weight is 436 g/mol. The fourth-order valence-corrected chi connectivity index (χ4v) is 3.60. The van der Waals surface area contributed by atoms with Crippen molar-refractivity contribution in [2.45, 2.75) is 6.42 Å².